The van der Waals surface area contributed by atoms with Gasteiger partial charge < -0.3 is 9.88 Å². The molecule has 3 rings (SSSR count). The summed E-state index contributed by atoms with van der Waals surface area (Å²) in [7, 11) is -1.94. The first-order chi connectivity index (χ1) is 11.4. The molecule has 1 saturated heterocycles. The summed E-state index contributed by atoms with van der Waals surface area (Å²) >= 11 is 5.91. The highest BCUT2D eigenvalue weighted by Gasteiger charge is 2.36. The van der Waals surface area contributed by atoms with Gasteiger partial charge in [-0.2, -0.15) is 9.57 Å². The van der Waals surface area contributed by atoms with Gasteiger partial charge in [-0.25, -0.2) is 13.4 Å². The van der Waals surface area contributed by atoms with Gasteiger partial charge in [-0.1, -0.05) is 11.6 Å². The van der Waals surface area contributed by atoms with E-state index in [1.165, 1.54) is 22.5 Å². The van der Waals surface area contributed by atoms with Crippen molar-refractivity contribution < 1.29 is 8.42 Å². The Hall–Kier alpha value is -1.63. The van der Waals surface area contributed by atoms with Gasteiger partial charge in [0, 0.05) is 39.1 Å². The molecular weight excluding hydrogens is 385 g/mol. The smallest absolute Gasteiger partial charge is 0.243 e. The summed E-state index contributed by atoms with van der Waals surface area (Å²) < 4.78 is 29.4. The fraction of sp³-hybridized carbons (Fsp3) is 0.333. The van der Waals surface area contributed by atoms with Crippen LogP contribution in [0.5, 0.6) is 0 Å². The predicted molar refractivity (Wildman–Crippen MR) is 96.1 cm³/mol. The summed E-state index contributed by atoms with van der Waals surface area (Å²) in [5.41, 5.74) is 0.140. The molecular formula is C15H17Cl2N5O2S. The number of nitrogens with zero attached hydrogens (tertiary/aromatic N) is 4. The third-order valence-corrected chi connectivity index (χ3v) is 6.25. The molecule has 1 aliphatic heterocycles. The van der Waals surface area contributed by atoms with Crippen LogP contribution in [-0.4, -0.2) is 41.9 Å². The second-order valence-corrected chi connectivity index (χ2v) is 7.78. The van der Waals surface area contributed by atoms with Crippen molar-refractivity contribution in [2.24, 2.45) is 7.05 Å². The fourth-order valence-electron chi connectivity index (χ4n) is 2.78. The average molecular weight is 402 g/mol. The van der Waals surface area contributed by atoms with Crippen LogP contribution < -0.4 is 5.32 Å². The highest BCUT2D eigenvalue weighted by molar-refractivity contribution is 7.89. The van der Waals surface area contributed by atoms with E-state index < -0.39 is 16.1 Å². The molecule has 0 saturated carbocycles. The van der Waals surface area contributed by atoms with Gasteiger partial charge >= 0.3 is 0 Å². The van der Waals surface area contributed by atoms with Crippen molar-refractivity contribution in [1.82, 2.24) is 19.2 Å². The number of nitriles is 1. The lowest BCUT2D eigenvalue weighted by molar-refractivity contribution is 0.258. The second kappa shape index (κ2) is 7.72. The average Bonchev–Trinajstić information content (AvgIpc) is 3.01. The molecule has 2 aromatic rings. The van der Waals surface area contributed by atoms with E-state index in [-0.39, 0.29) is 27.9 Å². The zero-order valence-corrected chi connectivity index (χ0v) is 15.8. The largest absolute Gasteiger partial charge is 0.337 e. The molecule has 1 N–H and O–H groups in total. The lowest BCUT2D eigenvalue weighted by Gasteiger charge is -2.34. The van der Waals surface area contributed by atoms with Gasteiger partial charge in [-0.15, -0.1) is 12.4 Å². The van der Waals surface area contributed by atoms with Crippen molar-refractivity contribution in [3.05, 3.63) is 47.0 Å². The summed E-state index contributed by atoms with van der Waals surface area (Å²) in [5, 5.41) is 12.5. The maximum atomic E-state index is 13.1. The van der Waals surface area contributed by atoms with Gasteiger partial charge in [0.1, 0.15) is 11.9 Å². The number of nitrogens with one attached hydrogen (secondary N) is 1. The van der Waals surface area contributed by atoms with Gasteiger partial charge in [-0.3, -0.25) is 0 Å². The number of piperazine rings is 1. The molecule has 1 fully saturated rings. The minimum absolute atomic E-state index is 0. The molecule has 0 spiro atoms. The van der Waals surface area contributed by atoms with Crippen LogP contribution in [0.1, 0.15) is 17.4 Å². The van der Waals surface area contributed by atoms with Crippen LogP contribution in [0.3, 0.4) is 0 Å². The highest BCUT2D eigenvalue weighted by Crippen LogP contribution is 2.29. The highest BCUT2D eigenvalue weighted by atomic mass is 35.5. The molecule has 1 aromatic heterocycles. The van der Waals surface area contributed by atoms with Crippen LogP contribution in [0.15, 0.2) is 35.5 Å². The first-order valence-corrected chi connectivity index (χ1v) is 9.16. The van der Waals surface area contributed by atoms with E-state index in [9.17, 15) is 8.42 Å². The number of benzene rings is 1. The predicted octanol–water partition coefficient (Wildman–Crippen LogP) is 1.70. The fourth-order valence-corrected chi connectivity index (χ4v) is 4.55. The molecule has 1 aromatic carbocycles. The Kier molecular flexibility index (Phi) is 6.08. The summed E-state index contributed by atoms with van der Waals surface area (Å²) in [5.74, 6) is 0.667. The number of aryl methyl sites for hydroxylation is 1. The quantitative estimate of drug-likeness (QED) is 0.844. The van der Waals surface area contributed by atoms with Crippen molar-refractivity contribution in [3.8, 4) is 6.07 Å². The van der Waals surface area contributed by atoms with Gasteiger partial charge in [-0.05, 0) is 18.2 Å². The van der Waals surface area contributed by atoms with E-state index in [0.717, 1.165) is 0 Å². The Morgan fingerprint density at radius 1 is 1.44 bits per heavy atom. The zero-order chi connectivity index (χ0) is 17.3. The molecule has 0 aliphatic carbocycles. The van der Waals surface area contributed by atoms with E-state index in [4.69, 9.17) is 16.9 Å². The van der Waals surface area contributed by atoms with Gasteiger partial charge in [0.15, 0.2) is 0 Å². The first-order valence-electron chi connectivity index (χ1n) is 7.34. The van der Waals surface area contributed by atoms with Crippen LogP contribution in [-0.2, 0) is 17.1 Å². The first kappa shape index (κ1) is 19.7. The van der Waals surface area contributed by atoms with E-state index in [1.54, 1.807) is 12.4 Å². The summed E-state index contributed by atoms with van der Waals surface area (Å²) in [4.78, 5) is 4.35. The number of hydrogen-bond acceptors (Lipinski definition) is 5. The van der Waals surface area contributed by atoms with Crippen molar-refractivity contribution >= 4 is 34.0 Å². The topological polar surface area (TPSA) is 91.0 Å². The lowest BCUT2D eigenvalue weighted by Crippen LogP contribution is -2.49. The molecule has 10 heteroatoms. The van der Waals surface area contributed by atoms with Crippen molar-refractivity contribution in [3.63, 3.8) is 0 Å². The third kappa shape index (κ3) is 3.66. The normalized spacial score (nSPS) is 18.4. The molecule has 1 atom stereocenters. The molecule has 134 valence electrons. The van der Waals surface area contributed by atoms with E-state index in [0.29, 0.717) is 25.5 Å². The van der Waals surface area contributed by atoms with Crippen molar-refractivity contribution in [2.75, 3.05) is 19.6 Å². The Labute approximate surface area is 157 Å². The van der Waals surface area contributed by atoms with Gasteiger partial charge in [0.2, 0.25) is 10.0 Å². The standard InChI is InChI=1S/C15H16ClN5O2S.ClH/c1-20-6-5-19-15(20)14-10-18-4-7-21(14)24(22,23)12-2-3-13(16)11(8-12)9-17;/h2-3,5-6,8,14,18H,4,7,10H2,1H3;1H. The number of imidazole rings is 1. The SMILES string of the molecule is Cl.Cn1ccnc1C1CNCCN1S(=O)(=O)c1ccc(Cl)c(C#N)c1. The van der Waals surface area contributed by atoms with E-state index in [2.05, 4.69) is 10.3 Å². The molecule has 7 nitrogen and oxygen atoms in total. The molecule has 2 heterocycles. The summed E-state index contributed by atoms with van der Waals surface area (Å²) in [6, 6.07) is 5.68. The van der Waals surface area contributed by atoms with Crippen LogP contribution in [0.2, 0.25) is 5.02 Å². The lowest BCUT2D eigenvalue weighted by atomic mass is 10.2. The number of halogens is 2. The second-order valence-electron chi connectivity index (χ2n) is 5.49. The molecule has 1 aliphatic rings. The number of hydrogen-bond donors (Lipinski definition) is 1. The van der Waals surface area contributed by atoms with Crippen LogP contribution >= 0.6 is 24.0 Å². The number of aromatic nitrogens is 2. The maximum Gasteiger partial charge on any atom is 0.243 e. The molecule has 0 bridgehead atoms. The van der Waals surface area contributed by atoms with Crippen LogP contribution in [0, 0.1) is 11.3 Å². The maximum absolute atomic E-state index is 13.1. The zero-order valence-electron chi connectivity index (χ0n) is 13.4. The minimum atomic E-state index is -3.77. The van der Waals surface area contributed by atoms with E-state index >= 15 is 0 Å². The number of rotatable bonds is 3. The Morgan fingerprint density at radius 2 is 2.20 bits per heavy atom. The minimum Gasteiger partial charge on any atom is -0.337 e. The summed E-state index contributed by atoms with van der Waals surface area (Å²) in [6.07, 6.45) is 3.43. The van der Waals surface area contributed by atoms with E-state index in [1.807, 2.05) is 17.7 Å². The molecule has 25 heavy (non-hydrogen) atoms. The number of sulfonamides is 1. The van der Waals surface area contributed by atoms with Crippen molar-refractivity contribution in [2.45, 2.75) is 10.9 Å². The Balaban J connectivity index is 0.00000225. The Morgan fingerprint density at radius 3 is 2.84 bits per heavy atom. The van der Waals surface area contributed by atoms with Gasteiger partial charge in [0.25, 0.3) is 0 Å². The Bertz CT molecular complexity index is 907. The molecule has 0 radical (unpaired) electrons. The third-order valence-electron chi connectivity index (χ3n) is 4.02. The molecule has 1 unspecified atom stereocenters. The monoisotopic (exact) mass is 401 g/mol. The van der Waals surface area contributed by atoms with Gasteiger partial charge in [0.05, 0.1) is 21.5 Å². The molecule has 0 amide bonds. The summed E-state index contributed by atoms with van der Waals surface area (Å²) in [6.45, 7) is 1.35. The van der Waals surface area contributed by atoms with Crippen LogP contribution in [0.25, 0.3) is 0 Å². The van der Waals surface area contributed by atoms with Crippen LogP contribution in [0.4, 0.5) is 0 Å². The van der Waals surface area contributed by atoms with Crippen molar-refractivity contribution in [1.29, 1.82) is 5.26 Å².